The number of nitrogens with zero attached hydrogens (tertiary/aromatic N) is 3. The Hall–Kier alpha value is -3.09. The molecule has 1 amide bonds. The highest BCUT2D eigenvalue weighted by molar-refractivity contribution is 6.13. The van der Waals surface area contributed by atoms with Crippen molar-refractivity contribution in [2.24, 2.45) is 0 Å². The summed E-state index contributed by atoms with van der Waals surface area (Å²) in [6.07, 6.45) is 2.18. The van der Waals surface area contributed by atoms with Gasteiger partial charge in [0, 0.05) is 30.4 Å². The van der Waals surface area contributed by atoms with Crippen LogP contribution in [0, 0.1) is 6.92 Å². The maximum absolute atomic E-state index is 13.3. The molecule has 1 fully saturated rings. The number of ether oxygens (including phenoxy) is 2. The number of pyridine rings is 1. The van der Waals surface area contributed by atoms with Gasteiger partial charge in [0.25, 0.3) is 11.6 Å². The van der Waals surface area contributed by atoms with E-state index in [2.05, 4.69) is 10.1 Å². The van der Waals surface area contributed by atoms with Gasteiger partial charge in [-0.15, -0.1) is 0 Å². The number of methoxy groups -OCH3 is 2. The van der Waals surface area contributed by atoms with Crippen molar-refractivity contribution >= 4 is 22.7 Å². The second-order valence-electron chi connectivity index (χ2n) is 6.72. The van der Waals surface area contributed by atoms with Crippen LogP contribution >= 0.6 is 0 Å². The highest BCUT2D eigenvalue weighted by Crippen LogP contribution is 2.41. The molecule has 2 aromatic heterocycles. The van der Waals surface area contributed by atoms with E-state index in [0.29, 0.717) is 45.5 Å². The lowest BCUT2D eigenvalue weighted by Gasteiger charge is -2.19. The summed E-state index contributed by atoms with van der Waals surface area (Å²) in [7, 11) is 4.88. The summed E-state index contributed by atoms with van der Waals surface area (Å²) in [6.45, 7) is 1.82. The molecule has 0 atom stereocenters. The molecule has 4 rings (SSSR count). The molecule has 7 nitrogen and oxygen atoms in total. The molecule has 7 heteroatoms. The summed E-state index contributed by atoms with van der Waals surface area (Å²) in [6, 6.07) is 7.25. The van der Waals surface area contributed by atoms with Crippen molar-refractivity contribution in [3.63, 3.8) is 0 Å². The summed E-state index contributed by atoms with van der Waals surface area (Å²) in [5, 5.41) is 4.66. The van der Waals surface area contributed by atoms with Crippen molar-refractivity contribution in [2.75, 3.05) is 26.2 Å². The fourth-order valence-corrected chi connectivity index (χ4v) is 3.20. The van der Waals surface area contributed by atoms with Crippen molar-refractivity contribution in [2.45, 2.75) is 25.7 Å². The Balaban J connectivity index is 1.77. The van der Waals surface area contributed by atoms with E-state index in [4.69, 9.17) is 14.0 Å². The van der Waals surface area contributed by atoms with E-state index in [-0.39, 0.29) is 5.91 Å². The van der Waals surface area contributed by atoms with Gasteiger partial charge in [-0.05, 0) is 38.0 Å². The highest BCUT2D eigenvalue weighted by Gasteiger charge is 2.29. The molecule has 1 aliphatic carbocycles. The molecule has 0 bridgehead atoms. The molecular formula is C20H21N3O4. The first-order valence-electron chi connectivity index (χ1n) is 8.80. The van der Waals surface area contributed by atoms with E-state index in [9.17, 15) is 4.79 Å². The molecule has 1 aromatic carbocycles. The largest absolute Gasteiger partial charge is 0.493 e. The van der Waals surface area contributed by atoms with Crippen molar-refractivity contribution < 1.29 is 18.8 Å². The van der Waals surface area contributed by atoms with E-state index >= 15 is 0 Å². The molecule has 0 N–H and O–H groups in total. The van der Waals surface area contributed by atoms with Gasteiger partial charge >= 0.3 is 0 Å². The predicted molar refractivity (Wildman–Crippen MR) is 101 cm³/mol. The number of rotatable bonds is 5. The van der Waals surface area contributed by atoms with Gasteiger partial charge in [-0.2, -0.15) is 0 Å². The Morgan fingerprint density at radius 2 is 1.93 bits per heavy atom. The first kappa shape index (κ1) is 17.3. The Bertz CT molecular complexity index is 1020. The van der Waals surface area contributed by atoms with Crippen LogP contribution in [0.5, 0.6) is 11.5 Å². The first-order chi connectivity index (χ1) is 13.0. The second kappa shape index (κ2) is 6.57. The molecule has 1 saturated carbocycles. The summed E-state index contributed by atoms with van der Waals surface area (Å²) < 4.78 is 16.0. The summed E-state index contributed by atoms with van der Waals surface area (Å²) in [4.78, 5) is 19.4. The Morgan fingerprint density at radius 1 is 1.19 bits per heavy atom. The fraction of sp³-hybridized carbons (Fsp3) is 0.350. The number of hydrogen-bond acceptors (Lipinski definition) is 6. The van der Waals surface area contributed by atoms with Crippen LogP contribution in [0.2, 0.25) is 0 Å². The Kier molecular flexibility index (Phi) is 4.22. The van der Waals surface area contributed by atoms with Crippen LogP contribution in [0.3, 0.4) is 0 Å². The van der Waals surface area contributed by atoms with Crippen molar-refractivity contribution in [1.82, 2.24) is 10.1 Å². The van der Waals surface area contributed by atoms with Crippen molar-refractivity contribution in [3.05, 3.63) is 41.2 Å². The van der Waals surface area contributed by atoms with Gasteiger partial charge in [0.1, 0.15) is 0 Å². The number of carbonyl (C=O) groups is 1. The third kappa shape index (κ3) is 2.99. The lowest BCUT2D eigenvalue weighted by molar-refractivity contribution is 0.0994. The quantitative estimate of drug-likeness (QED) is 0.684. The molecule has 0 spiro atoms. The summed E-state index contributed by atoms with van der Waals surface area (Å²) in [5.74, 6) is 1.43. The van der Waals surface area contributed by atoms with Gasteiger partial charge < -0.3 is 18.9 Å². The topological polar surface area (TPSA) is 77.7 Å². The molecule has 0 radical (unpaired) electrons. The lowest BCUT2D eigenvalue weighted by atomic mass is 10.1. The van der Waals surface area contributed by atoms with Crippen LogP contribution in [0.4, 0.5) is 5.69 Å². The number of aryl methyl sites for hydroxylation is 1. The average Bonchev–Trinajstić information content (AvgIpc) is 3.49. The molecule has 2 heterocycles. The minimum atomic E-state index is -0.150. The van der Waals surface area contributed by atoms with Crippen LogP contribution in [0.15, 0.2) is 28.8 Å². The number of amides is 1. The predicted octanol–water partition coefficient (Wildman–Crippen LogP) is 3.70. The van der Waals surface area contributed by atoms with E-state index in [1.807, 2.05) is 19.1 Å². The number of hydrogen-bond donors (Lipinski definition) is 0. The SMILES string of the molecule is COc1ccc(N(C)C(=O)c2cc(C3CC3)nc3onc(C)c23)cc1OC. The second-order valence-corrected chi connectivity index (χ2v) is 6.72. The van der Waals surface area contributed by atoms with E-state index in [1.165, 1.54) is 0 Å². The average molecular weight is 367 g/mol. The van der Waals surface area contributed by atoms with Gasteiger partial charge in [0.05, 0.1) is 30.9 Å². The minimum Gasteiger partial charge on any atom is -0.493 e. The third-order valence-electron chi connectivity index (χ3n) is 4.92. The molecule has 3 aromatic rings. The van der Waals surface area contributed by atoms with E-state index in [0.717, 1.165) is 18.5 Å². The molecule has 140 valence electrons. The van der Waals surface area contributed by atoms with Crippen molar-refractivity contribution in [3.8, 4) is 11.5 Å². The van der Waals surface area contributed by atoms with Gasteiger partial charge in [-0.1, -0.05) is 5.16 Å². The standard InChI is InChI=1S/C20H21N3O4/c1-11-18-14(10-15(12-5-6-12)21-19(18)27-22-11)20(24)23(2)13-7-8-16(25-3)17(9-13)26-4/h7-10,12H,5-6H2,1-4H3. The van der Waals surface area contributed by atoms with Crippen LogP contribution < -0.4 is 14.4 Å². The Labute approximate surface area is 156 Å². The van der Waals surface area contributed by atoms with Crippen LogP contribution in [0.25, 0.3) is 11.1 Å². The normalized spacial score (nSPS) is 13.6. The monoisotopic (exact) mass is 367 g/mol. The molecular weight excluding hydrogens is 346 g/mol. The maximum Gasteiger partial charge on any atom is 0.259 e. The van der Waals surface area contributed by atoms with Gasteiger partial charge in [0.2, 0.25) is 0 Å². The van der Waals surface area contributed by atoms with Crippen molar-refractivity contribution in [1.29, 1.82) is 0 Å². The van der Waals surface area contributed by atoms with Gasteiger partial charge in [0.15, 0.2) is 11.5 Å². The molecule has 0 unspecified atom stereocenters. The minimum absolute atomic E-state index is 0.150. The lowest BCUT2D eigenvalue weighted by Crippen LogP contribution is -2.26. The van der Waals surface area contributed by atoms with E-state index < -0.39 is 0 Å². The molecule has 1 aliphatic rings. The highest BCUT2D eigenvalue weighted by atomic mass is 16.5. The molecule has 0 aliphatic heterocycles. The first-order valence-corrected chi connectivity index (χ1v) is 8.80. The number of benzene rings is 1. The zero-order valence-corrected chi connectivity index (χ0v) is 15.8. The number of anilines is 1. The summed E-state index contributed by atoms with van der Waals surface area (Å²) >= 11 is 0. The molecule has 0 saturated heterocycles. The van der Waals surface area contributed by atoms with Crippen LogP contribution in [-0.2, 0) is 0 Å². The van der Waals surface area contributed by atoms with Crippen LogP contribution in [0.1, 0.15) is 40.5 Å². The van der Waals surface area contributed by atoms with Gasteiger partial charge in [-0.25, -0.2) is 4.98 Å². The fourth-order valence-electron chi connectivity index (χ4n) is 3.20. The van der Waals surface area contributed by atoms with Crippen LogP contribution in [-0.4, -0.2) is 37.3 Å². The smallest absolute Gasteiger partial charge is 0.259 e. The maximum atomic E-state index is 13.3. The van der Waals surface area contributed by atoms with E-state index in [1.54, 1.807) is 38.3 Å². The van der Waals surface area contributed by atoms with Gasteiger partial charge in [-0.3, -0.25) is 4.79 Å². The third-order valence-corrected chi connectivity index (χ3v) is 4.92. The summed E-state index contributed by atoms with van der Waals surface area (Å²) in [5.41, 5.74) is 3.22. The molecule has 27 heavy (non-hydrogen) atoms. The number of aromatic nitrogens is 2. The Morgan fingerprint density at radius 3 is 2.59 bits per heavy atom. The number of carbonyl (C=O) groups excluding carboxylic acids is 1. The zero-order chi connectivity index (χ0) is 19.1. The zero-order valence-electron chi connectivity index (χ0n) is 15.8. The number of fused-ring (bicyclic) bond motifs is 1.